The number of nitrogens with zero attached hydrogens (tertiary/aromatic N) is 1. The Morgan fingerprint density at radius 2 is 1.89 bits per heavy atom. The van der Waals surface area contributed by atoms with Crippen molar-refractivity contribution in [2.75, 3.05) is 0 Å². The largest absolute Gasteiger partial charge is 0.470 e. The lowest BCUT2D eigenvalue weighted by Crippen LogP contribution is -2.05. The first kappa shape index (κ1) is 13.5. The molecule has 19 heavy (non-hydrogen) atoms. The number of aromatic nitrogens is 1. The minimum absolute atomic E-state index is 0.150. The molecule has 2 aromatic rings. The van der Waals surface area contributed by atoms with Crippen molar-refractivity contribution in [1.82, 2.24) is 5.16 Å². The molecule has 3 nitrogen and oxygen atoms in total. The van der Waals surface area contributed by atoms with E-state index in [0.717, 1.165) is 17.7 Å². The van der Waals surface area contributed by atoms with E-state index in [9.17, 15) is 13.2 Å². The summed E-state index contributed by atoms with van der Waals surface area (Å²) in [6, 6.07) is 4.83. The van der Waals surface area contributed by atoms with E-state index in [-0.39, 0.29) is 6.61 Å². The minimum Gasteiger partial charge on any atom is -0.470 e. The van der Waals surface area contributed by atoms with Crippen molar-refractivity contribution in [2.24, 2.45) is 0 Å². The molecular formula is C13H12F3NO2. The Morgan fingerprint density at radius 1 is 1.21 bits per heavy atom. The Morgan fingerprint density at radius 3 is 2.47 bits per heavy atom. The van der Waals surface area contributed by atoms with Crippen LogP contribution in [0.15, 0.2) is 35.1 Å². The van der Waals surface area contributed by atoms with Crippen molar-refractivity contribution >= 4 is 0 Å². The van der Waals surface area contributed by atoms with Crippen LogP contribution in [0.5, 0.6) is 5.88 Å². The molecule has 0 radical (unpaired) electrons. The van der Waals surface area contributed by atoms with E-state index < -0.39 is 11.7 Å². The van der Waals surface area contributed by atoms with Crippen LogP contribution >= 0.6 is 0 Å². The van der Waals surface area contributed by atoms with Crippen LogP contribution in [0.1, 0.15) is 23.6 Å². The molecule has 0 unspecified atom stereocenters. The molecule has 0 aliphatic carbocycles. The maximum Gasteiger partial charge on any atom is 0.416 e. The molecule has 0 amide bonds. The van der Waals surface area contributed by atoms with Crippen LogP contribution in [0, 0.1) is 0 Å². The van der Waals surface area contributed by atoms with E-state index in [2.05, 4.69) is 5.16 Å². The first-order chi connectivity index (χ1) is 9.00. The monoisotopic (exact) mass is 271 g/mol. The van der Waals surface area contributed by atoms with E-state index in [1.54, 1.807) is 0 Å². The topological polar surface area (TPSA) is 35.3 Å². The fraction of sp³-hybridized carbons (Fsp3) is 0.308. The molecule has 0 saturated carbocycles. The summed E-state index contributed by atoms with van der Waals surface area (Å²) in [6.07, 6.45) is -2.12. The second-order valence-electron chi connectivity index (χ2n) is 3.98. The molecule has 1 aromatic heterocycles. The summed E-state index contributed by atoms with van der Waals surface area (Å²) in [7, 11) is 0. The molecule has 0 fully saturated rings. The fourth-order valence-corrected chi connectivity index (χ4v) is 1.54. The lowest BCUT2D eigenvalue weighted by Gasteiger charge is -2.08. The van der Waals surface area contributed by atoms with Crippen LogP contribution in [-0.2, 0) is 19.2 Å². The molecule has 1 aromatic carbocycles. The highest BCUT2D eigenvalue weighted by atomic mass is 19.4. The van der Waals surface area contributed by atoms with Gasteiger partial charge in [-0.15, -0.1) is 0 Å². The van der Waals surface area contributed by atoms with Crippen molar-refractivity contribution in [3.05, 3.63) is 47.2 Å². The Balaban J connectivity index is 2.01. The predicted molar refractivity (Wildman–Crippen MR) is 61.7 cm³/mol. The Labute approximate surface area is 108 Å². The SMILES string of the molecule is CCc1conc1OCc1ccc(C(F)(F)F)cc1. The smallest absolute Gasteiger partial charge is 0.416 e. The maximum atomic E-state index is 12.4. The Kier molecular flexibility index (Phi) is 3.78. The lowest BCUT2D eigenvalue weighted by molar-refractivity contribution is -0.137. The standard InChI is InChI=1S/C13H12F3NO2/c1-2-10-8-19-17-12(10)18-7-9-3-5-11(6-4-9)13(14,15)16/h3-6,8H,2,7H2,1H3. The summed E-state index contributed by atoms with van der Waals surface area (Å²) < 4.78 is 47.3. The van der Waals surface area contributed by atoms with Gasteiger partial charge in [-0.25, -0.2) is 0 Å². The molecule has 0 spiro atoms. The highest BCUT2D eigenvalue weighted by Crippen LogP contribution is 2.29. The van der Waals surface area contributed by atoms with E-state index >= 15 is 0 Å². The summed E-state index contributed by atoms with van der Waals surface area (Å²) in [4.78, 5) is 0. The molecule has 6 heteroatoms. The number of ether oxygens (including phenoxy) is 1. The van der Waals surface area contributed by atoms with E-state index in [4.69, 9.17) is 9.26 Å². The van der Waals surface area contributed by atoms with Gasteiger partial charge in [0.1, 0.15) is 12.9 Å². The molecule has 102 valence electrons. The lowest BCUT2D eigenvalue weighted by atomic mass is 10.1. The number of benzene rings is 1. The van der Waals surface area contributed by atoms with Gasteiger partial charge in [0.2, 0.25) is 0 Å². The van der Waals surface area contributed by atoms with E-state index in [0.29, 0.717) is 17.9 Å². The second kappa shape index (κ2) is 5.34. The predicted octanol–water partition coefficient (Wildman–Crippen LogP) is 3.83. The number of aryl methyl sites for hydroxylation is 1. The quantitative estimate of drug-likeness (QED) is 0.847. The number of hydrogen-bond acceptors (Lipinski definition) is 3. The van der Waals surface area contributed by atoms with E-state index in [1.165, 1.54) is 18.4 Å². The van der Waals surface area contributed by atoms with Gasteiger partial charge in [-0.1, -0.05) is 19.1 Å². The van der Waals surface area contributed by atoms with Gasteiger partial charge in [0.25, 0.3) is 5.88 Å². The molecule has 2 rings (SSSR count). The van der Waals surface area contributed by atoms with Gasteiger partial charge in [-0.2, -0.15) is 13.2 Å². The summed E-state index contributed by atoms with van der Waals surface area (Å²) in [5.41, 5.74) is 0.789. The highest BCUT2D eigenvalue weighted by molar-refractivity contribution is 5.25. The fourth-order valence-electron chi connectivity index (χ4n) is 1.54. The highest BCUT2D eigenvalue weighted by Gasteiger charge is 2.29. The normalized spacial score (nSPS) is 11.6. The first-order valence-electron chi connectivity index (χ1n) is 5.73. The van der Waals surface area contributed by atoms with Gasteiger partial charge in [0.15, 0.2) is 0 Å². The zero-order chi connectivity index (χ0) is 13.9. The third-order valence-electron chi connectivity index (χ3n) is 2.64. The van der Waals surface area contributed by atoms with Gasteiger partial charge in [0.05, 0.1) is 11.1 Å². The number of hydrogen-bond donors (Lipinski definition) is 0. The van der Waals surface area contributed by atoms with Gasteiger partial charge in [-0.3, -0.25) is 0 Å². The van der Waals surface area contributed by atoms with Crippen LogP contribution in [-0.4, -0.2) is 5.16 Å². The molecular weight excluding hydrogens is 259 g/mol. The minimum atomic E-state index is -4.32. The molecule has 0 aliphatic rings. The van der Waals surface area contributed by atoms with Gasteiger partial charge < -0.3 is 9.26 Å². The van der Waals surface area contributed by atoms with Gasteiger partial charge >= 0.3 is 6.18 Å². The van der Waals surface area contributed by atoms with Crippen molar-refractivity contribution < 1.29 is 22.4 Å². The Bertz CT molecular complexity index is 532. The van der Waals surface area contributed by atoms with Crippen LogP contribution in [0.3, 0.4) is 0 Å². The van der Waals surface area contributed by atoms with Crippen molar-refractivity contribution in [2.45, 2.75) is 26.1 Å². The first-order valence-corrected chi connectivity index (χ1v) is 5.73. The number of halogens is 3. The zero-order valence-electron chi connectivity index (χ0n) is 10.2. The summed E-state index contributed by atoms with van der Waals surface area (Å²) in [6.45, 7) is 2.08. The molecule has 0 bridgehead atoms. The molecule has 0 aliphatic heterocycles. The van der Waals surface area contributed by atoms with Crippen LogP contribution < -0.4 is 4.74 Å². The molecule has 0 atom stereocenters. The summed E-state index contributed by atoms with van der Waals surface area (Å²) >= 11 is 0. The van der Waals surface area contributed by atoms with Gasteiger partial charge in [-0.05, 0) is 29.3 Å². The zero-order valence-corrected chi connectivity index (χ0v) is 10.2. The summed E-state index contributed by atoms with van der Waals surface area (Å²) in [5.74, 6) is 0.377. The summed E-state index contributed by atoms with van der Waals surface area (Å²) in [5, 5.41) is 3.68. The van der Waals surface area contributed by atoms with Crippen LogP contribution in [0.25, 0.3) is 0 Å². The average molecular weight is 271 g/mol. The molecule has 0 N–H and O–H groups in total. The van der Waals surface area contributed by atoms with Crippen molar-refractivity contribution in [1.29, 1.82) is 0 Å². The van der Waals surface area contributed by atoms with E-state index in [1.807, 2.05) is 6.92 Å². The number of rotatable bonds is 4. The average Bonchev–Trinajstić information content (AvgIpc) is 2.83. The third-order valence-corrected chi connectivity index (χ3v) is 2.64. The Hall–Kier alpha value is -1.98. The molecule has 1 heterocycles. The third kappa shape index (κ3) is 3.27. The van der Waals surface area contributed by atoms with Crippen LogP contribution in [0.2, 0.25) is 0 Å². The van der Waals surface area contributed by atoms with Crippen LogP contribution in [0.4, 0.5) is 13.2 Å². The molecule has 0 saturated heterocycles. The van der Waals surface area contributed by atoms with Crippen molar-refractivity contribution in [3.63, 3.8) is 0 Å². The maximum absolute atomic E-state index is 12.4. The van der Waals surface area contributed by atoms with Crippen molar-refractivity contribution in [3.8, 4) is 5.88 Å². The van der Waals surface area contributed by atoms with Gasteiger partial charge in [0, 0.05) is 0 Å². The number of alkyl halides is 3. The second-order valence-corrected chi connectivity index (χ2v) is 3.98.